The summed E-state index contributed by atoms with van der Waals surface area (Å²) in [5, 5.41) is 14.7. The molecule has 0 aliphatic carbocycles. The lowest BCUT2D eigenvalue weighted by atomic mass is 10.3. The smallest absolute Gasteiger partial charge is 0.151 e. The van der Waals surface area contributed by atoms with Gasteiger partial charge in [0.15, 0.2) is 11.4 Å². The number of aryl methyl sites for hydroxylation is 4. The monoisotopic (exact) mass is 304 g/mol. The van der Waals surface area contributed by atoms with Gasteiger partial charge in [-0.2, -0.15) is 10.2 Å². The highest BCUT2D eigenvalue weighted by molar-refractivity contribution is 5.46. The third-order valence-electron chi connectivity index (χ3n) is 3.86. The largest absolute Gasteiger partial charge is 0.267 e. The molecule has 8 heteroatoms. The molecule has 2 heterocycles. The van der Waals surface area contributed by atoms with Crippen molar-refractivity contribution < 1.29 is 0 Å². The van der Waals surface area contributed by atoms with Crippen LogP contribution in [0.2, 0.25) is 0 Å². The van der Waals surface area contributed by atoms with Crippen LogP contribution in [-0.2, 0) is 13.1 Å². The number of nitrogens with zero attached hydrogens (tertiary/aromatic N) is 6. The predicted octanol–water partition coefficient (Wildman–Crippen LogP) is 3.59. The van der Waals surface area contributed by atoms with Gasteiger partial charge in [-0.25, -0.2) is 0 Å². The maximum Gasteiger partial charge on any atom is 0.151 e. The molecule has 2 rings (SSSR count). The standard InChI is InChI=1S/C14H20N6O2/c1-9-13(17-21)11(3)19(15-9)7-5-6-8-20-12(4)14(18-22)10(2)16-20/h5-8H2,1-4H3. The molecule has 0 unspecified atom stereocenters. The molecule has 0 aliphatic rings. The number of hydrogen-bond acceptors (Lipinski definition) is 6. The van der Waals surface area contributed by atoms with Crippen molar-refractivity contribution in [2.24, 2.45) is 10.4 Å². The van der Waals surface area contributed by atoms with Crippen molar-refractivity contribution in [3.63, 3.8) is 0 Å². The van der Waals surface area contributed by atoms with Crippen molar-refractivity contribution in [1.29, 1.82) is 0 Å². The quantitative estimate of drug-likeness (QED) is 0.577. The lowest BCUT2D eigenvalue weighted by Gasteiger charge is -2.06. The van der Waals surface area contributed by atoms with Crippen molar-refractivity contribution in [3.05, 3.63) is 32.6 Å². The van der Waals surface area contributed by atoms with Gasteiger partial charge >= 0.3 is 0 Å². The van der Waals surface area contributed by atoms with Gasteiger partial charge < -0.3 is 0 Å². The minimum Gasteiger partial charge on any atom is -0.267 e. The molecule has 118 valence electrons. The summed E-state index contributed by atoms with van der Waals surface area (Å²) in [6.45, 7) is 8.70. The van der Waals surface area contributed by atoms with E-state index in [1.165, 1.54) is 0 Å². The van der Waals surface area contributed by atoms with E-state index in [0.29, 0.717) is 22.8 Å². The SMILES string of the molecule is Cc1nn(CCCCn2nc(C)c(N=O)c2C)c(C)c1N=O. The molecule has 0 bridgehead atoms. The molecule has 0 atom stereocenters. The second-order valence-electron chi connectivity index (χ2n) is 5.37. The Morgan fingerprint density at radius 1 is 0.773 bits per heavy atom. The fraction of sp³-hybridized carbons (Fsp3) is 0.571. The van der Waals surface area contributed by atoms with Crippen molar-refractivity contribution in [2.75, 3.05) is 0 Å². The molecule has 8 nitrogen and oxygen atoms in total. The van der Waals surface area contributed by atoms with E-state index in [2.05, 4.69) is 20.6 Å². The second kappa shape index (κ2) is 6.59. The molecule has 0 radical (unpaired) electrons. The molecule has 0 saturated heterocycles. The van der Waals surface area contributed by atoms with Gasteiger partial charge in [0.05, 0.1) is 22.8 Å². The van der Waals surface area contributed by atoms with Crippen LogP contribution in [0, 0.1) is 37.5 Å². The first kappa shape index (κ1) is 16.0. The van der Waals surface area contributed by atoms with Gasteiger partial charge in [0.2, 0.25) is 0 Å². The zero-order valence-electron chi connectivity index (χ0n) is 13.3. The van der Waals surface area contributed by atoms with E-state index in [-0.39, 0.29) is 0 Å². The molecular formula is C14H20N6O2. The van der Waals surface area contributed by atoms with Crippen LogP contribution in [0.3, 0.4) is 0 Å². The minimum absolute atomic E-state index is 0.431. The maximum absolute atomic E-state index is 10.7. The summed E-state index contributed by atoms with van der Waals surface area (Å²) < 4.78 is 3.62. The molecule has 2 aromatic heterocycles. The van der Waals surface area contributed by atoms with Gasteiger partial charge in [-0.1, -0.05) is 0 Å². The van der Waals surface area contributed by atoms with Crippen LogP contribution in [0.4, 0.5) is 11.4 Å². The van der Waals surface area contributed by atoms with Crippen LogP contribution in [0.1, 0.15) is 35.6 Å². The molecular weight excluding hydrogens is 284 g/mol. The van der Waals surface area contributed by atoms with Crippen LogP contribution in [0.15, 0.2) is 10.4 Å². The molecule has 0 amide bonds. The Morgan fingerprint density at radius 2 is 1.14 bits per heavy atom. The average molecular weight is 304 g/mol. The summed E-state index contributed by atoms with van der Waals surface area (Å²) in [5.74, 6) is 0. The fourth-order valence-corrected chi connectivity index (χ4v) is 2.60. The summed E-state index contributed by atoms with van der Waals surface area (Å²) in [4.78, 5) is 21.5. The highest BCUT2D eigenvalue weighted by atomic mass is 16.3. The number of hydrogen-bond donors (Lipinski definition) is 0. The van der Waals surface area contributed by atoms with Gasteiger partial charge in [-0.15, -0.1) is 9.81 Å². The molecule has 2 aromatic rings. The number of rotatable bonds is 7. The molecule has 0 N–H and O–H groups in total. The van der Waals surface area contributed by atoms with Crippen molar-refractivity contribution in [1.82, 2.24) is 19.6 Å². The summed E-state index contributed by atoms with van der Waals surface area (Å²) in [6, 6.07) is 0. The summed E-state index contributed by atoms with van der Waals surface area (Å²) in [6.07, 6.45) is 1.78. The lowest BCUT2D eigenvalue weighted by Crippen LogP contribution is -2.06. The molecule has 0 spiro atoms. The van der Waals surface area contributed by atoms with Gasteiger partial charge in [0.25, 0.3) is 0 Å². The van der Waals surface area contributed by atoms with Crippen LogP contribution in [0.25, 0.3) is 0 Å². The average Bonchev–Trinajstić information content (AvgIpc) is 2.91. The summed E-state index contributed by atoms with van der Waals surface area (Å²) >= 11 is 0. The van der Waals surface area contributed by atoms with E-state index in [1.54, 1.807) is 13.8 Å². The van der Waals surface area contributed by atoms with Crippen molar-refractivity contribution in [2.45, 2.75) is 53.6 Å². The Balaban J connectivity index is 1.93. The third-order valence-corrected chi connectivity index (χ3v) is 3.86. The van der Waals surface area contributed by atoms with Crippen LogP contribution in [0.5, 0.6) is 0 Å². The van der Waals surface area contributed by atoms with Gasteiger partial charge in [0.1, 0.15) is 0 Å². The number of nitroso groups, excluding NO2 is 2. The first-order chi connectivity index (χ1) is 10.5. The molecule has 0 aliphatic heterocycles. The summed E-state index contributed by atoms with van der Waals surface area (Å²) in [5.41, 5.74) is 3.78. The Kier molecular flexibility index (Phi) is 4.79. The van der Waals surface area contributed by atoms with E-state index < -0.39 is 0 Å². The topological polar surface area (TPSA) is 94.5 Å². The molecule has 0 fully saturated rings. The highest BCUT2D eigenvalue weighted by Crippen LogP contribution is 2.24. The normalized spacial score (nSPS) is 10.9. The van der Waals surface area contributed by atoms with Crippen molar-refractivity contribution >= 4 is 11.4 Å². The lowest BCUT2D eigenvalue weighted by molar-refractivity contribution is 0.488. The Hall–Kier alpha value is -2.38. The minimum atomic E-state index is 0.431. The maximum atomic E-state index is 10.7. The Morgan fingerprint density at radius 3 is 1.41 bits per heavy atom. The van der Waals surface area contributed by atoms with E-state index in [9.17, 15) is 9.81 Å². The van der Waals surface area contributed by atoms with E-state index in [1.807, 2.05) is 23.2 Å². The van der Waals surface area contributed by atoms with Gasteiger partial charge in [-0.05, 0) is 50.9 Å². The first-order valence-corrected chi connectivity index (χ1v) is 7.24. The van der Waals surface area contributed by atoms with Crippen LogP contribution >= 0.6 is 0 Å². The number of aromatic nitrogens is 4. The zero-order valence-corrected chi connectivity index (χ0v) is 13.3. The zero-order chi connectivity index (χ0) is 16.3. The summed E-state index contributed by atoms with van der Waals surface area (Å²) in [7, 11) is 0. The second-order valence-corrected chi connectivity index (χ2v) is 5.37. The van der Waals surface area contributed by atoms with Crippen LogP contribution < -0.4 is 0 Å². The van der Waals surface area contributed by atoms with E-state index in [4.69, 9.17) is 0 Å². The fourth-order valence-electron chi connectivity index (χ4n) is 2.60. The Bertz CT molecular complexity index is 640. The Labute approximate surface area is 128 Å². The molecule has 0 aromatic carbocycles. The van der Waals surface area contributed by atoms with Crippen molar-refractivity contribution in [3.8, 4) is 0 Å². The third kappa shape index (κ3) is 2.95. The van der Waals surface area contributed by atoms with E-state index >= 15 is 0 Å². The number of unbranched alkanes of at least 4 members (excludes halogenated alkanes) is 1. The first-order valence-electron chi connectivity index (χ1n) is 7.24. The van der Waals surface area contributed by atoms with Gasteiger partial charge in [0, 0.05) is 13.1 Å². The van der Waals surface area contributed by atoms with E-state index in [0.717, 1.165) is 37.3 Å². The molecule has 0 saturated carbocycles. The highest BCUT2D eigenvalue weighted by Gasteiger charge is 2.13. The van der Waals surface area contributed by atoms with Crippen LogP contribution in [-0.4, -0.2) is 19.6 Å². The van der Waals surface area contributed by atoms with Gasteiger partial charge in [-0.3, -0.25) is 9.36 Å². The predicted molar refractivity (Wildman–Crippen MR) is 83.5 cm³/mol. The molecule has 22 heavy (non-hydrogen) atoms.